The Hall–Kier alpha value is -2.26. The van der Waals surface area contributed by atoms with E-state index in [-0.39, 0.29) is 12.1 Å². The highest BCUT2D eigenvalue weighted by Crippen LogP contribution is 2.43. The van der Waals surface area contributed by atoms with Crippen LogP contribution in [0, 0.1) is 0 Å². The molecule has 3 rings (SSSR count). The lowest BCUT2D eigenvalue weighted by atomic mass is 10.0. The number of hydrogen-bond acceptors (Lipinski definition) is 3. The minimum absolute atomic E-state index is 0.0976. The molecule has 0 bridgehead atoms. The number of ether oxygens (including phenoxy) is 1. The van der Waals surface area contributed by atoms with Crippen molar-refractivity contribution in [1.29, 1.82) is 0 Å². The van der Waals surface area contributed by atoms with Crippen molar-refractivity contribution in [1.82, 2.24) is 10.0 Å². The zero-order valence-corrected chi connectivity index (χ0v) is 14.9. The van der Waals surface area contributed by atoms with Crippen molar-refractivity contribution in [3.05, 3.63) is 77.5 Å². The largest absolute Gasteiger partial charge is 0.491 e. The summed E-state index contributed by atoms with van der Waals surface area (Å²) in [5.41, 5.74) is 3.58. The molecule has 3 nitrogen and oxygen atoms in total. The summed E-state index contributed by atoms with van der Waals surface area (Å²) in [7, 11) is 4.22. The molecule has 0 radical (unpaired) electrons. The first-order valence-corrected chi connectivity index (χ1v) is 8.61. The summed E-state index contributed by atoms with van der Waals surface area (Å²) < 4.78 is 6.43. The Bertz CT molecular complexity index is 696. The molecule has 1 aliphatic heterocycles. The monoisotopic (exact) mass is 322 g/mol. The molecule has 0 spiro atoms. The zero-order valence-electron chi connectivity index (χ0n) is 14.9. The molecule has 1 heterocycles. The lowest BCUT2D eigenvalue weighted by molar-refractivity contribution is 0.0469. The third-order valence-electron chi connectivity index (χ3n) is 4.72. The van der Waals surface area contributed by atoms with Gasteiger partial charge in [-0.3, -0.25) is 0 Å². The van der Waals surface area contributed by atoms with Crippen LogP contribution in [0.5, 0.6) is 0 Å². The molecule has 2 unspecified atom stereocenters. The summed E-state index contributed by atoms with van der Waals surface area (Å²) in [6.45, 7) is 4.29. The SMILES string of the molecule is CCC(C)OC1=C(c2ccccc2)N(C)N(C)C1c1ccccc1. The maximum absolute atomic E-state index is 6.43. The van der Waals surface area contributed by atoms with Gasteiger partial charge in [0.05, 0.1) is 11.8 Å². The van der Waals surface area contributed by atoms with Gasteiger partial charge in [0.25, 0.3) is 0 Å². The topological polar surface area (TPSA) is 15.7 Å². The van der Waals surface area contributed by atoms with Crippen LogP contribution in [0.2, 0.25) is 0 Å². The van der Waals surface area contributed by atoms with E-state index >= 15 is 0 Å². The molecule has 0 saturated carbocycles. The molecule has 0 saturated heterocycles. The molecule has 1 aliphatic rings. The van der Waals surface area contributed by atoms with E-state index in [9.17, 15) is 0 Å². The van der Waals surface area contributed by atoms with Crippen LogP contribution >= 0.6 is 0 Å². The van der Waals surface area contributed by atoms with Gasteiger partial charge in [-0.2, -0.15) is 0 Å². The standard InChI is InChI=1S/C21H26N2O/c1-5-16(2)24-21-19(17-12-8-6-9-13-17)22(3)23(4)20(21)18-14-10-7-11-15-18/h6-16,19H,5H2,1-4H3. The minimum Gasteiger partial charge on any atom is -0.491 e. The number of hydrogen-bond donors (Lipinski definition) is 0. The van der Waals surface area contributed by atoms with Gasteiger partial charge in [-0.1, -0.05) is 67.6 Å². The zero-order chi connectivity index (χ0) is 17.1. The highest BCUT2D eigenvalue weighted by atomic mass is 16.5. The Morgan fingerprint density at radius 1 is 0.958 bits per heavy atom. The lowest BCUT2D eigenvalue weighted by Crippen LogP contribution is -2.32. The van der Waals surface area contributed by atoms with Gasteiger partial charge in [0.15, 0.2) is 0 Å². The molecule has 126 valence electrons. The molecule has 3 heteroatoms. The fourth-order valence-corrected chi connectivity index (χ4v) is 3.14. The quantitative estimate of drug-likeness (QED) is 0.793. The van der Waals surface area contributed by atoms with E-state index in [2.05, 4.69) is 92.6 Å². The van der Waals surface area contributed by atoms with Crippen molar-refractivity contribution in [3.63, 3.8) is 0 Å². The molecule has 0 amide bonds. The molecule has 0 fully saturated rings. The first-order valence-electron chi connectivity index (χ1n) is 8.61. The third kappa shape index (κ3) is 3.04. The van der Waals surface area contributed by atoms with E-state index in [1.54, 1.807) is 0 Å². The van der Waals surface area contributed by atoms with E-state index in [4.69, 9.17) is 4.74 Å². The highest BCUT2D eigenvalue weighted by Gasteiger charge is 2.38. The summed E-state index contributed by atoms with van der Waals surface area (Å²) in [5.74, 6) is 1.03. The molecule has 2 aromatic carbocycles. The van der Waals surface area contributed by atoms with Crippen LogP contribution in [-0.4, -0.2) is 30.2 Å². The average molecular weight is 322 g/mol. The Morgan fingerprint density at radius 3 is 2.12 bits per heavy atom. The summed E-state index contributed by atoms with van der Waals surface area (Å²) in [4.78, 5) is 0. The van der Waals surface area contributed by atoms with Crippen LogP contribution in [0.1, 0.15) is 37.4 Å². The lowest BCUT2D eigenvalue weighted by Gasteiger charge is -2.29. The summed E-state index contributed by atoms with van der Waals surface area (Å²) in [6.07, 6.45) is 1.17. The Kier molecular flexibility index (Phi) is 4.91. The Balaban J connectivity index is 2.12. The molecular weight excluding hydrogens is 296 g/mol. The van der Waals surface area contributed by atoms with E-state index < -0.39 is 0 Å². The van der Waals surface area contributed by atoms with Gasteiger partial charge >= 0.3 is 0 Å². The smallest absolute Gasteiger partial charge is 0.145 e. The van der Waals surface area contributed by atoms with Crippen molar-refractivity contribution in [2.45, 2.75) is 32.4 Å². The summed E-state index contributed by atoms with van der Waals surface area (Å²) in [5, 5.41) is 4.44. The predicted molar refractivity (Wildman–Crippen MR) is 98.9 cm³/mol. The molecule has 0 aliphatic carbocycles. The van der Waals surface area contributed by atoms with Gasteiger partial charge in [-0.25, -0.2) is 5.01 Å². The van der Waals surface area contributed by atoms with Crippen molar-refractivity contribution in [3.8, 4) is 0 Å². The van der Waals surface area contributed by atoms with Gasteiger partial charge in [0, 0.05) is 19.7 Å². The first-order chi connectivity index (χ1) is 11.6. The predicted octanol–water partition coefficient (Wildman–Crippen LogP) is 4.70. The molecule has 0 aromatic heterocycles. The number of hydrazine groups is 1. The second-order valence-corrected chi connectivity index (χ2v) is 6.33. The highest BCUT2D eigenvalue weighted by molar-refractivity contribution is 5.69. The summed E-state index contributed by atoms with van der Waals surface area (Å²) in [6, 6.07) is 21.2. The maximum Gasteiger partial charge on any atom is 0.145 e. The van der Waals surface area contributed by atoms with Gasteiger partial charge < -0.3 is 9.75 Å². The van der Waals surface area contributed by atoms with Crippen LogP contribution in [0.15, 0.2) is 66.4 Å². The van der Waals surface area contributed by atoms with Crippen molar-refractivity contribution in [2.24, 2.45) is 0 Å². The van der Waals surface area contributed by atoms with E-state index in [0.717, 1.165) is 17.9 Å². The van der Waals surface area contributed by atoms with Gasteiger partial charge in [-0.15, -0.1) is 0 Å². The average Bonchev–Trinajstić information content (AvgIpc) is 2.87. The number of likely N-dealkylation sites (N-methyl/N-ethyl adjacent to an activating group) is 1. The van der Waals surface area contributed by atoms with Crippen LogP contribution in [-0.2, 0) is 4.74 Å². The van der Waals surface area contributed by atoms with E-state index in [1.807, 2.05) is 6.07 Å². The minimum atomic E-state index is 0.0976. The fourth-order valence-electron chi connectivity index (χ4n) is 3.14. The molecule has 24 heavy (non-hydrogen) atoms. The van der Waals surface area contributed by atoms with Crippen LogP contribution in [0.4, 0.5) is 0 Å². The van der Waals surface area contributed by atoms with Gasteiger partial charge in [-0.05, 0) is 18.9 Å². The van der Waals surface area contributed by atoms with Crippen LogP contribution in [0.25, 0.3) is 5.70 Å². The molecule has 2 aromatic rings. The second kappa shape index (κ2) is 7.10. The Morgan fingerprint density at radius 2 is 1.54 bits per heavy atom. The number of nitrogens with zero attached hydrogens (tertiary/aromatic N) is 2. The first kappa shape index (κ1) is 16.6. The van der Waals surface area contributed by atoms with E-state index in [0.29, 0.717) is 0 Å². The molecular formula is C21H26N2O. The van der Waals surface area contributed by atoms with Gasteiger partial charge in [0.1, 0.15) is 11.8 Å². The molecule has 0 N–H and O–H groups in total. The van der Waals surface area contributed by atoms with E-state index in [1.165, 1.54) is 11.1 Å². The normalized spacial score (nSPS) is 19.7. The van der Waals surface area contributed by atoms with Crippen molar-refractivity contribution in [2.75, 3.05) is 14.1 Å². The van der Waals surface area contributed by atoms with Crippen LogP contribution < -0.4 is 0 Å². The molecule has 2 atom stereocenters. The summed E-state index contributed by atoms with van der Waals surface area (Å²) >= 11 is 0. The maximum atomic E-state index is 6.43. The number of rotatable bonds is 5. The fraction of sp³-hybridized carbons (Fsp3) is 0.333. The number of benzene rings is 2. The van der Waals surface area contributed by atoms with Crippen molar-refractivity contribution >= 4 is 5.70 Å². The second-order valence-electron chi connectivity index (χ2n) is 6.33. The Labute approximate surface area is 145 Å². The van der Waals surface area contributed by atoms with Gasteiger partial charge in [0.2, 0.25) is 0 Å². The van der Waals surface area contributed by atoms with Crippen LogP contribution in [0.3, 0.4) is 0 Å². The van der Waals surface area contributed by atoms with Crippen molar-refractivity contribution < 1.29 is 4.74 Å². The third-order valence-corrected chi connectivity index (χ3v) is 4.72.